The van der Waals surface area contributed by atoms with Gasteiger partial charge in [0.15, 0.2) is 0 Å². The molecule has 0 spiro atoms. The summed E-state index contributed by atoms with van der Waals surface area (Å²) in [6.45, 7) is 4.23. The Bertz CT molecular complexity index is 1490. The highest BCUT2D eigenvalue weighted by molar-refractivity contribution is 7.92. The summed E-state index contributed by atoms with van der Waals surface area (Å²) in [5.74, 6) is 0. The second kappa shape index (κ2) is 7.86. The Morgan fingerprint density at radius 3 is 2.45 bits per heavy atom. The van der Waals surface area contributed by atoms with E-state index in [1.165, 1.54) is 16.8 Å². The molecule has 0 fully saturated rings. The fourth-order valence-electron chi connectivity index (χ4n) is 3.53. The summed E-state index contributed by atoms with van der Waals surface area (Å²) in [6.07, 6.45) is 0.800. The van der Waals surface area contributed by atoms with Crippen LogP contribution in [-0.2, 0) is 23.6 Å². The van der Waals surface area contributed by atoms with E-state index < -0.39 is 15.6 Å². The summed E-state index contributed by atoms with van der Waals surface area (Å²) in [7, 11) is -2.34. The number of rotatable bonds is 6. The lowest BCUT2D eigenvalue weighted by atomic mass is 10.3. The third-order valence-corrected chi connectivity index (χ3v) is 7.48. The van der Waals surface area contributed by atoms with Crippen LogP contribution < -0.4 is 15.2 Å². The Morgan fingerprint density at radius 1 is 1.06 bits per heavy atom. The number of fused-ring (bicyclic) bond motifs is 1. The molecule has 0 bridgehead atoms. The van der Waals surface area contributed by atoms with Crippen LogP contribution in [0.15, 0.2) is 63.0 Å². The molecule has 1 N–H and O–H groups in total. The number of anilines is 1. The number of thiazole rings is 1. The quantitative estimate of drug-likeness (QED) is 0.480. The SMILES string of the molecule is CCCn1c(=O)sc2cc(S(=O)(=O)Nc3c(C)n(C)n(-c4ccccc4)c3=O)ccc21. The molecule has 0 saturated heterocycles. The lowest BCUT2D eigenvalue weighted by Crippen LogP contribution is -2.23. The molecular formula is C21H22N4O4S2. The number of aryl methyl sites for hydroxylation is 1. The molecule has 0 aliphatic heterocycles. The van der Waals surface area contributed by atoms with Crippen molar-refractivity contribution in [2.45, 2.75) is 31.7 Å². The first-order chi connectivity index (χ1) is 14.7. The lowest BCUT2D eigenvalue weighted by Gasteiger charge is -2.08. The highest BCUT2D eigenvalue weighted by atomic mass is 32.2. The summed E-state index contributed by atoms with van der Waals surface area (Å²) in [5, 5.41) is 0. The second-order valence-electron chi connectivity index (χ2n) is 7.19. The normalized spacial score (nSPS) is 11.8. The molecule has 0 unspecified atom stereocenters. The Kier molecular flexibility index (Phi) is 5.36. The predicted octanol–water partition coefficient (Wildman–Crippen LogP) is 3.07. The van der Waals surface area contributed by atoms with Gasteiger partial charge in [-0.1, -0.05) is 36.5 Å². The van der Waals surface area contributed by atoms with Crippen molar-refractivity contribution in [3.63, 3.8) is 0 Å². The third-order valence-electron chi connectivity index (χ3n) is 5.19. The van der Waals surface area contributed by atoms with Gasteiger partial charge in [0.1, 0.15) is 5.69 Å². The second-order valence-corrected chi connectivity index (χ2v) is 9.87. The maximum Gasteiger partial charge on any atom is 0.308 e. The third kappa shape index (κ3) is 3.61. The number of para-hydroxylation sites is 1. The molecule has 31 heavy (non-hydrogen) atoms. The average Bonchev–Trinajstić information content (AvgIpc) is 3.16. The average molecular weight is 459 g/mol. The Hall–Kier alpha value is -3.11. The number of nitrogens with one attached hydrogen (secondary N) is 1. The van der Waals surface area contributed by atoms with Gasteiger partial charge in [0, 0.05) is 13.6 Å². The van der Waals surface area contributed by atoms with E-state index in [1.807, 2.05) is 13.0 Å². The molecule has 0 aliphatic carbocycles. The van der Waals surface area contributed by atoms with Gasteiger partial charge in [0.2, 0.25) is 0 Å². The van der Waals surface area contributed by atoms with Crippen LogP contribution in [0.2, 0.25) is 0 Å². The highest BCUT2D eigenvalue weighted by Crippen LogP contribution is 2.24. The maximum atomic E-state index is 13.1. The standard InChI is InChI=1S/C21H22N4O4S2/c1-4-12-24-17-11-10-16(13-18(17)30-21(24)27)31(28,29)22-19-14(2)23(3)25(20(19)26)15-8-6-5-7-9-15/h5-11,13,22H,4,12H2,1-3H3. The zero-order valence-electron chi connectivity index (χ0n) is 17.3. The zero-order valence-corrected chi connectivity index (χ0v) is 19.0. The minimum atomic E-state index is -4.03. The minimum absolute atomic E-state index is 0.00110. The summed E-state index contributed by atoms with van der Waals surface area (Å²) in [5.41, 5.74) is 1.35. The molecule has 0 atom stereocenters. The fraction of sp³-hybridized carbons (Fsp3) is 0.238. The highest BCUT2D eigenvalue weighted by Gasteiger charge is 2.23. The van der Waals surface area contributed by atoms with Gasteiger partial charge < -0.3 is 0 Å². The van der Waals surface area contributed by atoms with E-state index in [9.17, 15) is 18.0 Å². The topological polar surface area (TPSA) is 95.1 Å². The van der Waals surface area contributed by atoms with Crippen LogP contribution in [-0.4, -0.2) is 22.3 Å². The van der Waals surface area contributed by atoms with Crippen LogP contribution >= 0.6 is 11.3 Å². The van der Waals surface area contributed by atoms with Crippen molar-refractivity contribution in [1.29, 1.82) is 0 Å². The van der Waals surface area contributed by atoms with Crippen LogP contribution in [0.25, 0.3) is 15.9 Å². The van der Waals surface area contributed by atoms with Gasteiger partial charge in [-0.2, -0.15) is 0 Å². The predicted molar refractivity (Wildman–Crippen MR) is 123 cm³/mol. The van der Waals surface area contributed by atoms with Crippen molar-refractivity contribution in [3.8, 4) is 5.69 Å². The van der Waals surface area contributed by atoms with Gasteiger partial charge in [-0.25, -0.2) is 13.1 Å². The number of hydrogen-bond acceptors (Lipinski definition) is 5. The number of aromatic nitrogens is 3. The van der Waals surface area contributed by atoms with Gasteiger partial charge in [-0.3, -0.25) is 23.6 Å². The summed E-state index contributed by atoms with van der Waals surface area (Å²) in [6, 6.07) is 13.6. The van der Waals surface area contributed by atoms with Crippen molar-refractivity contribution in [2.24, 2.45) is 7.05 Å². The van der Waals surface area contributed by atoms with Crippen LogP contribution in [0.3, 0.4) is 0 Å². The lowest BCUT2D eigenvalue weighted by molar-refractivity contribution is 0.601. The molecule has 0 saturated carbocycles. The first-order valence-corrected chi connectivity index (χ1v) is 12.0. The number of sulfonamides is 1. The Morgan fingerprint density at radius 2 is 1.77 bits per heavy atom. The van der Waals surface area contributed by atoms with E-state index in [2.05, 4.69) is 4.72 Å². The van der Waals surface area contributed by atoms with Gasteiger partial charge in [0.05, 0.1) is 26.5 Å². The molecule has 162 valence electrons. The van der Waals surface area contributed by atoms with Crippen LogP contribution in [0, 0.1) is 6.92 Å². The van der Waals surface area contributed by atoms with E-state index in [0.29, 0.717) is 28.1 Å². The molecule has 4 aromatic rings. The van der Waals surface area contributed by atoms with Crippen LogP contribution in [0.4, 0.5) is 5.69 Å². The minimum Gasteiger partial charge on any atom is -0.299 e. The molecule has 8 nitrogen and oxygen atoms in total. The maximum absolute atomic E-state index is 13.1. The van der Waals surface area contributed by atoms with Gasteiger partial charge >= 0.3 is 4.87 Å². The summed E-state index contributed by atoms with van der Waals surface area (Å²) in [4.78, 5) is 25.1. The molecule has 4 rings (SSSR count). The molecular weight excluding hydrogens is 436 g/mol. The molecule has 2 aromatic heterocycles. The number of benzene rings is 2. The van der Waals surface area contributed by atoms with Crippen molar-refractivity contribution in [3.05, 3.63) is 74.2 Å². The monoisotopic (exact) mass is 458 g/mol. The van der Waals surface area contributed by atoms with Crippen molar-refractivity contribution in [1.82, 2.24) is 13.9 Å². The van der Waals surface area contributed by atoms with E-state index in [-0.39, 0.29) is 15.5 Å². The number of hydrogen-bond donors (Lipinski definition) is 1. The molecule has 0 radical (unpaired) electrons. The van der Waals surface area contributed by atoms with Crippen LogP contribution in [0.1, 0.15) is 19.0 Å². The number of nitrogens with zero attached hydrogens (tertiary/aromatic N) is 3. The largest absolute Gasteiger partial charge is 0.308 e. The zero-order chi connectivity index (χ0) is 22.3. The molecule has 0 amide bonds. The van der Waals surface area contributed by atoms with E-state index >= 15 is 0 Å². The van der Waals surface area contributed by atoms with Crippen molar-refractivity contribution in [2.75, 3.05) is 4.72 Å². The molecule has 2 aromatic carbocycles. The fourth-order valence-corrected chi connectivity index (χ4v) is 5.70. The van der Waals surface area contributed by atoms with E-state index in [4.69, 9.17) is 0 Å². The van der Waals surface area contributed by atoms with Gasteiger partial charge in [-0.15, -0.1) is 0 Å². The van der Waals surface area contributed by atoms with Crippen LogP contribution in [0.5, 0.6) is 0 Å². The molecule has 0 aliphatic rings. The van der Waals surface area contributed by atoms with E-state index in [1.54, 1.807) is 53.6 Å². The summed E-state index contributed by atoms with van der Waals surface area (Å²) < 4.78 is 33.9. The summed E-state index contributed by atoms with van der Waals surface area (Å²) >= 11 is 1.01. The first-order valence-electron chi connectivity index (χ1n) is 9.75. The first kappa shape index (κ1) is 21.1. The Balaban J connectivity index is 1.76. The van der Waals surface area contributed by atoms with Gasteiger partial charge in [-0.05, 0) is 43.7 Å². The van der Waals surface area contributed by atoms with Crippen molar-refractivity contribution >= 4 is 37.3 Å². The molecule has 10 heteroatoms. The molecule has 2 heterocycles. The van der Waals surface area contributed by atoms with Gasteiger partial charge in [0.25, 0.3) is 15.6 Å². The smallest absolute Gasteiger partial charge is 0.299 e. The van der Waals surface area contributed by atoms with Crippen molar-refractivity contribution < 1.29 is 8.42 Å². The Labute approximate surface area is 183 Å². The van der Waals surface area contributed by atoms with E-state index in [0.717, 1.165) is 17.8 Å².